The van der Waals surface area contributed by atoms with Gasteiger partial charge in [0.1, 0.15) is 0 Å². The standard InChI is InChI=1S/C12H19N.C10H14O2S.C3H8.C2H6/c1-5-7-10-8-13-12(9(3)4)11(10)6-2;1-7-5-8(2)10(9(3)6-7)13(4,11)12;1-3-2;1-2/h3,5-8H2,1-2,4H3;5-6H,1-4H3;3H2,1-2H3;1-2H3. The number of allylic oxidation sites excluding steroid dienone is 2. The molecule has 0 aromatic heterocycles. The van der Waals surface area contributed by atoms with Crippen LogP contribution in [0.4, 0.5) is 0 Å². The Morgan fingerprint density at radius 3 is 1.81 bits per heavy atom. The van der Waals surface area contributed by atoms with Crippen molar-refractivity contribution in [1.29, 1.82) is 0 Å². The summed E-state index contributed by atoms with van der Waals surface area (Å²) in [7, 11) is -3.08. The maximum Gasteiger partial charge on any atom is 0.176 e. The molecule has 1 aromatic rings. The molecule has 1 aliphatic rings. The lowest BCUT2D eigenvalue weighted by atomic mass is 9.97. The fourth-order valence-electron chi connectivity index (χ4n) is 3.63. The molecule has 0 bridgehead atoms. The average molecular weight is 450 g/mol. The van der Waals surface area contributed by atoms with Crippen LogP contribution < -0.4 is 0 Å². The molecule has 0 atom stereocenters. The van der Waals surface area contributed by atoms with Crippen molar-refractivity contribution in [2.45, 2.75) is 99.8 Å². The van der Waals surface area contributed by atoms with Crippen LogP contribution in [-0.2, 0) is 9.84 Å². The molecule has 31 heavy (non-hydrogen) atoms. The van der Waals surface area contributed by atoms with E-state index in [-0.39, 0.29) is 0 Å². The van der Waals surface area contributed by atoms with Gasteiger partial charge in [-0.25, -0.2) is 8.42 Å². The van der Waals surface area contributed by atoms with Gasteiger partial charge in [-0.15, -0.1) is 0 Å². The number of sulfone groups is 1. The molecule has 0 unspecified atom stereocenters. The number of hydrogen-bond donors (Lipinski definition) is 0. The number of benzene rings is 1. The summed E-state index contributed by atoms with van der Waals surface area (Å²) in [6.45, 7) is 25.2. The lowest BCUT2D eigenvalue weighted by molar-refractivity contribution is 0.600. The van der Waals surface area contributed by atoms with E-state index in [2.05, 4.69) is 39.3 Å². The van der Waals surface area contributed by atoms with Crippen LogP contribution in [-0.4, -0.2) is 26.9 Å². The number of nitrogens with zero attached hydrogens (tertiary/aromatic N) is 1. The predicted octanol–water partition coefficient (Wildman–Crippen LogP) is 7.98. The number of hydrogen-bond acceptors (Lipinski definition) is 3. The van der Waals surface area contributed by atoms with Gasteiger partial charge in [0.25, 0.3) is 0 Å². The zero-order valence-corrected chi connectivity index (χ0v) is 22.9. The molecule has 1 aliphatic heterocycles. The molecule has 0 saturated carbocycles. The molecule has 0 aliphatic carbocycles. The highest BCUT2D eigenvalue weighted by Crippen LogP contribution is 2.25. The van der Waals surface area contributed by atoms with E-state index in [0.717, 1.165) is 35.2 Å². The van der Waals surface area contributed by atoms with Crippen LogP contribution in [0, 0.1) is 20.8 Å². The second kappa shape index (κ2) is 16.0. The molecule has 0 saturated heterocycles. The Kier molecular flexibility index (Phi) is 16.3. The Bertz CT molecular complexity index is 836. The van der Waals surface area contributed by atoms with E-state index in [9.17, 15) is 8.42 Å². The number of aliphatic imine (C=N–C) groups is 1. The van der Waals surface area contributed by atoms with E-state index in [4.69, 9.17) is 0 Å². The summed E-state index contributed by atoms with van der Waals surface area (Å²) in [5.74, 6) is 0. The third-order valence-electron chi connectivity index (χ3n) is 4.43. The Labute approximate surface area is 193 Å². The van der Waals surface area contributed by atoms with Crippen LogP contribution in [0.1, 0.15) is 90.8 Å². The van der Waals surface area contributed by atoms with Crippen molar-refractivity contribution in [3.05, 3.63) is 52.1 Å². The fraction of sp³-hybridized carbons (Fsp3) is 0.593. The predicted molar refractivity (Wildman–Crippen MR) is 140 cm³/mol. The normalized spacial score (nSPS) is 12.5. The number of aryl methyl sites for hydroxylation is 3. The first-order valence-corrected chi connectivity index (χ1v) is 13.5. The van der Waals surface area contributed by atoms with Gasteiger partial charge < -0.3 is 0 Å². The molecule has 4 heteroatoms. The molecule has 1 aromatic carbocycles. The topological polar surface area (TPSA) is 46.5 Å². The maximum atomic E-state index is 11.4. The third-order valence-corrected chi connectivity index (χ3v) is 5.81. The molecule has 3 nitrogen and oxygen atoms in total. The van der Waals surface area contributed by atoms with Gasteiger partial charge in [0.2, 0.25) is 0 Å². The van der Waals surface area contributed by atoms with Gasteiger partial charge in [0, 0.05) is 6.26 Å². The van der Waals surface area contributed by atoms with Gasteiger partial charge in [-0.2, -0.15) is 0 Å². The quantitative estimate of drug-likeness (QED) is 0.457. The highest BCUT2D eigenvalue weighted by atomic mass is 32.2. The SMILES string of the molecule is C=C(C)C1=NCC(CCC)=C1CC.CC.CCC.Cc1cc(C)c(S(C)(=O)=O)c(C)c1. The van der Waals surface area contributed by atoms with E-state index < -0.39 is 9.84 Å². The van der Waals surface area contributed by atoms with E-state index in [1.807, 2.05) is 53.7 Å². The van der Waals surface area contributed by atoms with Crippen molar-refractivity contribution >= 4 is 15.5 Å². The van der Waals surface area contributed by atoms with Crippen molar-refractivity contribution in [2.75, 3.05) is 12.8 Å². The Morgan fingerprint density at radius 2 is 1.48 bits per heavy atom. The van der Waals surface area contributed by atoms with Crippen LogP contribution in [0.2, 0.25) is 0 Å². The number of rotatable bonds is 5. The van der Waals surface area contributed by atoms with Crippen LogP contribution in [0.25, 0.3) is 0 Å². The molecule has 178 valence electrons. The van der Waals surface area contributed by atoms with E-state index in [1.165, 1.54) is 42.4 Å². The van der Waals surface area contributed by atoms with Gasteiger partial charge in [0.05, 0.1) is 17.2 Å². The van der Waals surface area contributed by atoms with Crippen molar-refractivity contribution in [1.82, 2.24) is 0 Å². The van der Waals surface area contributed by atoms with Gasteiger partial charge in [0.15, 0.2) is 9.84 Å². The molecule has 1 heterocycles. The van der Waals surface area contributed by atoms with Crippen LogP contribution >= 0.6 is 0 Å². The van der Waals surface area contributed by atoms with Crippen LogP contribution in [0.5, 0.6) is 0 Å². The minimum absolute atomic E-state index is 0.470. The fourth-order valence-corrected chi connectivity index (χ4v) is 4.91. The van der Waals surface area contributed by atoms with Crippen molar-refractivity contribution in [2.24, 2.45) is 4.99 Å². The van der Waals surface area contributed by atoms with E-state index in [0.29, 0.717) is 4.90 Å². The zero-order valence-electron chi connectivity index (χ0n) is 22.1. The molecule has 0 radical (unpaired) electrons. The zero-order chi connectivity index (χ0) is 24.8. The summed E-state index contributed by atoms with van der Waals surface area (Å²) in [4.78, 5) is 5.00. The molecular weight excluding hydrogens is 402 g/mol. The van der Waals surface area contributed by atoms with Crippen molar-refractivity contribution in [3.8, 4) is 0 Å². The van der Waals surface area contributed by atoms with Crippen molar-refractivity contribution in [3.63, 3.8) is 0 Å². The minimum atomic E-state index is -3.08. The first-order valence-electron chi connectivity index (χ1n) is 11.6. The van der Waals surface area contributed by atoms with Gasteiger partial charge in [-0.05, 0) is 68.4 Å². The first-order chi connectivity index (χ1) is 14.4. The monoisotopic (exact) mass is 449 g/mol. The van der Waals surface area contributed by atoms with E-state index in [1.54, 1.807) is 0 Å². The smallest absolute Gasteiger partial charge is 0.176 e. The second-order valence-electron chi connectivity index (χ2n) is 7.84. The Balaban J connectivity index is 0. The summed E-state index contributed by atoms with van der Waals surface area (Å²) < 4.78 is 22.8. The lowest BCUT2D eigenvalue weighted by Gasteiger charge is -2.08. The Morgan fingerprint density at radius 1 is 1.03 bits per heavy atom. The van der Waals surface area contributed by atoms with E-state index >= 15 is 0 Å². The summed E-state index contributed by atoms with van der Waals surface area (Å²) in [6, 6.07) is 3.78. The summed E-state index contributed by atoms with van der Waals surface area (Å²) in [5, 5.41) is 0. The van der Waals surface area contributed by atoms with Crippen molar-refractivity contribution < 1.29 is 8.42 Å². The largest absolute Gasteiger partial charge is 0.280 e. The van der Waals surface area contributed by atoms with Crippen LogP contribution in [0.3, 0.4) is 0 Å². The maximum absolute atomic E-state index is 11.4. The lowest BCUT2D eigenvalue weighted by Crippen LogP contribution is -2.03. The van der Waals surface area contributed by atoms with Gasteiger partial charge >= 0.3 is 0 Å². The highest BCUT2D eigenvalue weighted by Gasteiger charge is 2.17. The summed E-state index contributed by atoms with van der Waals surface area (Å²) >= 11 is 0. The molecule has 2 rings (SSSR count). The average Bonchev–Trinajstić information content (AvgIpc) is 3.06. The molecule has 0 amide bonds. The molecule has 0 N–H and O–H groups in total. The summed E-state index contributed by atoms with van der Waals surface area (Å²) in [5.41, 5.74) is 8.04. The third kappa shape index (κ3) is 11.0. The Hall–Kier alpha value is -1.68. The second-order valence-corrected chi connectivity index (χ2v) is 9.79. The first kappa shape index (κ1) is 31.5. The summed E-state index contributed by atoms with van der Waals surface area (Å²) in [6.07, 6.45) is 6.01. The minimum Gasteiger partial charge on any atom is -0.280 e. The van der Waals surface area contributed by atoms with Crippen LogP contribution in [0.15, 0.2) is 45.3 Å². The highest BCUT2D eigenvalue weighted by molar-refractivity contribution is 7.90. The van der Waals surface area contributed by atoms with Gasteiger partial charge in [-0.1, -0.05) is 78.7 Å². The molecular formula is C27H47NO2S. The van der Waals surface area contributed by atoms with Gasteiger partial charge in [-0.3, -0.25) is 4.99 Å². The molecule has 0 spiro atoms. The molecule has 0 fully saturated rings.